The van der Waals surface area contributed by atoms with Crippen molar-refractivity contribution in [3.05, 3.63) is 34.4 Å². The molecule has 0 unspecified atom stereocenters. The fourth-order valence-corrected chi connectivity index (χ4v) is 3.73. The van der Waals surface area contributed by atoms with Crippen molar-refractivity contribution in [2.45, 2.75) is 13.5 Å². The number of methoxy groups -OCH3 is 2. The third kappa shape index (κ3) is 2.54. The highest BCUT2D eigenvalue weighted by Gasteiger charge is 2.25. The van der Waals surface area contributed by atoms with E-state index in [1.165, 1.54) is 26.2 Å². The van der Waals surface area contributed by atoms with Crippen molar-refractivity contribution in [1.29, 1.82) is 0 Å². The zero-order valence-electron chi connectivity index (χ0n) is 14.0. The molecule has 7 heteroatoms. The quantitative estimate of drug-likeness (QED) is 0.629. The summed E-state index contributed by atoms with van der Waals surface area (Å²) in [5.41, 5.74) is 3.19. The van der Waals surface area contributed by atoms with Gasteiger partial charge in [-0.3, -0.25) is 0 Å². The predicted octanol–water partition coefficient (Wildman–Crippen LogP) is 3.06. The monoisotopic (exact) mass is 346 g/mol. The van der Waals surface area contributed by atoms with Crippen molar-refractivity contribution in [2.24, 2.45) is 0 Å². The normalized spacial score (nSPS) is 13.5. The first kappa shape index (κ1) is 16.4. The van der Waals surface area contributed by atoms with Crippen LogP contribution >= 0.6 is 11.9 Å². The summed E-state index contributed by atoms with van der Waals surface area (Å²) in [7, 11) is 4.59. The Kier molecular flexibility index (Phi) is 4.28. The number of hydrogen-bond acceptors (Lipinski definition) is 6. The Morgan fingerprint density at radius 3 is 2.50 bits per heavy atom. The van der Waals surface area contributed by atoms with E-state index in [1.54, 1.807) is 6.07 Å². The van der Waals surface area contributed by atoms with Crippen LogP contribution in [0, 0.1) is 0 Å². The van der Waals surface area contributed by atoms with Gasteiger partial charge in [0.2, 0.25) is 0 Å². The van der Waals surface area contributed by atoms with Gasteiger partial charge in [-0.05, 0) is 37.1 Å². The van der Waals surface area contributed by atoms with Crippen molar-refractivity contribution in [2.75, 3.05) is 25.6 Å². The largest absolute Gasteiger partial charge is 0.465 e. The maximum absolute atomic E-state index is 12.0. The molecule has 0 bridgehead atoms. The first-order valence-electron chi connectivity index (χ1n) is 7.47. The molecule has 1 aliphatic heterocycles. The Bertz CT molecular complexity index is 869. The van der Waals surface area contributed by atoms with Crippen LogP contribution in [-0.4, -0.2) is 37.8 Å². The van der Waals surface area contributed by atoms with Gasteiger partial charge in [-0.15, -0.1) is 0 Å². The van der Waals surface area contributed by atoms with Crippen molar-refractivity contribution in [3.63, 3.8) is 0 Å². The summed E-state index contributed by atoms with van der Waals surface area (Å²) >= 11 is 1.27. The zero-order valence-corrected chi connectivity index (χ0v) is 14.8. The average Bonchev–Trinajstić information content (AvgIpc) is 2.88. The van der Waals surface area contributed by atoms with Gasteiger partial charge in [-0.2, -0.15) is 0 Å². The van der Waals surface area contributed by atoms with Gasteiger partial charge in [0.1, 0.15) is 4.91 Å². The van der Waals surface area contributed by atoms with Crippen LogP contribution in [0.3, 0.4) is 0 Å². The molecule has 0 spiro atoms. The number of esters is 2. The van der Waals surface area contributed by atoms with E-state index in [1.807, 2.05) is 36.6 Å². The number of ether oxygens (including phenoxy) is 2. The molecule has 0 radical (unpaired) electrons. The summed E-state index contributed by atoms with van der Waals surface area (Å²) in [6.45, 7) is 2.78. The van der Waals surface area contributed by atoms with E-state index in [9.17, 15) is 9.59 Å². The van der Waals surface area contributed by atoms with Gasteiger partial charge in [-0.1, -0.05) is 0 Å². The molecule has 1 aromatic heterocycles. The first-order chi connectivity index (χ1) is 11.5. The molecule has 0 atom stereocenters. The molecule has 1 aromatic carbocycles. The third-order valence-corrected chi connectivity index (χ3v) is 4.95. The number of carbonyl (C=O) groups is 2. The molecule has 24 heavy (non-hydrogen) atoms. The Morgan fingerprint density at radius 2 is 1.88 bits per heavy atom. The lowest BCUT2D eigenvalue weighted by Gasteiger charge is -2.19. The number of rotatable bonds is 3. The third-order valence-electron chi connectivity index (χ3n) is 4.00. The van der Waals surface area contributed by atoms with E-state index in [2.05, 4.69) is 4.57 Å². The van der Waals surface area contributed by atoms with E-state index in [0.29, 0.717) is 10.5 Å². The molecule has 0 aliphatic carbocycles. The Balaban J connectivity index is 2.30. The lowest BCUT2D eigenvalue weighted by Crippen LogP contribution is -2.12. The van der Waals surface area contributed by atoms with Crippen molar-refractivity contribution < 1.29 is 19.1 Å². The van der Waals surface area contributed by atoms with Crippen LogP contribution in [0.2, 0.25) is 0 Å². The Labute approximate surface area is 144 Å². The molecule has 0 saturated carbocycles. The molecule has 2 heterocycles. The van der Waals surface area contributed by atoms with Crippen LogP contribution in [0.1, 0.15) is 22.8 Å². The fourth-order valence-electron chi connectivity index (χ4n) is 2.85. The van der Waals surface area contributed by atoms with Gasteiger partial charge < -0.3 is 18.3 Å². The summed E-state index contributed by atoms with van der Waals surface area (Å²) in [6.07, 6.45) is 3.81. The van der Waals surface area contributed by atoms with Crippen molar-refractivity contribution in [1.82, 2.24) is 4.57 Å². The molecular weight excluding hydrogens is 328 g/mol. The molecule has 126 valence electrons. The minimum Gasteiger partial charge on any atom is -0.465 e. The molecule has 3 rings (SSSR count). The average molecular weight is 346 g/mol. The first-order valence-corrected chi connectivity index (χ1v) is 8.24. The van der Waals surface area contributed by atoms with E-state index in [0.717, 1.165) is 28.7 Å². The highest BCUT2D eigenvalue weighted by molar-refractivity contribution is 8.05. The molecule has 0 N–H and O–H groups in total. The lowest BCUT2D eigenvalue weighted by molar-refractivity contribution is -0.135. The van der Waals surface area contributed by atoms with Gasteiger partial charge in [0.15, 0.2) is 0 Å². The fraction of sp³-hybridized carbons (Fsp3) is 0.294. The van der Waals surface area contributed by atoms with Crippen LogP contribution in [0.4, 0.5) is 5.69 Å². The minimum absolute atomic E-state index is 0.384. The molecular formula is C17H18N2O4S. The smallest absolute Gasteiger partial charge is 0.346 e. The summed E-state index contributed by atoms with van der Waals surface area (Å²) < 4.78 is 13.7. The molecule has 2 aromatic rings. The van der Waals surface area contributed by atoms with Gasteiger partial charge >= 0.3 is 11.9 Å². The maximum Gasteiger partial charge on any atom is 0.346 e. The van der Waals surface area contributed by atoms with Crippen LogP contribution < -0.4 is 4.31 Å². The summed E-state index contributed by atoms with van der Waals surface area (Å²) in [4.78, 5) is 24.5. The summed E-state index contributed by atoms with van der Waals surface area (Å²) in [5, 5.41) is 0.999. The van der Waals surface area contributed by atoms with E-state index >= 15 is 0 Å². The maximum atomic E-state index is 12.0. The number of hydrogen-bond donors (Lipinski definition) is 0. The van der Waals surface area contributed by atoms with Gasteiger partial charge in [0.05, 0.1) is 31.0 Å². The second-order valence-corrected chi connectivity index (χ2v) is 6.51. The molecule has 0 amide bonds. The lowest BCUT2D eigenvalue weighted by atomic mass is 10.1. The number of benzene rings is 1. The number of aryl methyl sites for hydroxylation is 1. The Morgan fingerprint density at radius 1 is 1.17 bits per heavy atom. The van der Waals surface area contributed by atoms with E-state index in [-0.39, 0.29) is 11.9 Å². The molecule has 6 nitrogen and oxygen atoms in total. The van der Waals surface area contributed by atoms with E-state index in [4.69, 9.17) is 9.47 Å². The second-order valence-electron chi connectivity index (χ2n) is 5.34. The summed E-state index contributed by atoms with van der Waals surface area (Å²) in [5.74, 6) is -0.771. The number of aromatic nitrogens is 1. The topological polar surface area (TPSA) is 60.8 Å². The molecule has 0 fully saturated rings. The highest BCUT2D eigenvalue weighted by atomic mass is 32.2. The highest BCUT2D eigenvalue weighted by Crippen LogP contribution is 2.41. The molecule has 0 saturated heterocycles. The SMILES string of the molecule is CCn1cc2c3c(cc(C(=O)OC)cc31)N(C)SC(C(=O)OC)=C2. The zero-order chi connectivity index (χ0) is 17.4. The van der Waals surface area contributed by atoms with Crippen LogP contribution in [0.15, 0.2) is 23.2 Å². The van der Waals surface area contributed by atoms with Crippen LogP contribution in [0.5, 0.6) is 0 Å². The molecule has 1 aliphatic rings. The van der Waals surface area contributed by atoms with Gasteiger partial charge in [-0.25, -0.2) is 9.59 Å². The van der Waals surface area contributed by atoms with Gasteiger partial charge in [0.25, 0.3) is 0 Å². The number of carbonyl (C=O) groups excluding carboxylic acids is 2. The predicted molar refractivity (Wildman–Crippen MR) is 94.9 cm³/mol. The van der Waals surface area contributed by atoms with Crippen molar-refractivity contribution in [3.8, 4) is 0 Å². The standard InChI is InChI=1S/C17H18N2O4S/c1-5-19-9-11-8-14(17(21)23-4)24-18(2)12-6-10(16(20)22-3)7-13(19)15(11)12/h6-9H,5H2,1-4H3. The van der Waals surface area contributed by atoms with E-state index < -0.39 is 0 Å². The van der Waals surface area contributed by atoms with Crippen LogP contribution in [0.25, 0.3) is 17.0 Å². The van der Waals surface area contributed by atoms with Crippen LogP contribution in [-0.2, 0) is 20.8 Å². The van der Waals surface area contributed by atoms with Gasteiger partial charge in [0, 0.05) is 30.7 Å². The minimum atomic E-state index is -0.387. The summed E-state index contributed by atoms with van der Waals surface area (Å²) in [6, 6.07) is 3.62. The Hall–Kier alpha value is -2.41. The second kappa shape index (κ2) is 6.24. The van der Waals surface area contributed by atoms with Crippen molar-refractivity contribution >= 4 is 46.6 Å². The number of anilines is 1. The number of nitrogens with zero attached hydrogens (tertiary/aromatic N) is 2.